The van der Waals surface area contributed by atoms with Gasteiger partial charge in [-0.1, -0.05) is 0 Å². The second kappa shape index (κ2) is 10.4. The first-order valence-corrected chi connectivity index (χ1v) is 11.2. The number of carbonyl (C=O) groups is 3. The molecule has 3 aliphatic heterocycles. The first-order chi connectivity index (χ1) is 13.2. The molecular formula is C23H43N3O3. The van der Waals surface area contributed by atoms with E-state index >= 15 is 0 Å². The monoisotopic (exact) mass is 409 g/mol. The molecule has 0 aliphatic carbocycles. The van der Waals surface area contributed by atoms with Crippen molar-refractivity contribution in [2.45, 2.75) is 111 Å². The van der Waals surface area contributed by atoms with Crippen molar-refractivity contribution < 1.29 is 14.4 Å². The molecule has 0 bridgehead atoms. The molecular weight excluding hydrogens is 366 g/mol. The Kier molecular flexibility index (Phi) is 9.16. The lowest BCUT2D eigenvalue weighted by Gasteiger charge is -2.42. The summed E-state index contributed by atoms with van der Waals surface area (Å²) in [6.45, 7) is 19.4. The number of amides is 3. The van der Waals surface area contributed by atoms with E-state index in [-0.39, 0.29) is 11.1 Å². The summed E-state index contributed by atoms with van der Waals surface area (Å²) in [6.07, 6.45) is 5.55. The predicted octanol–water partition coefficient (Wildman–Crippen LogP) is 3.83. The predicted molar refractivity (Wildman–Crippen MR) is 117 cm³/mol. The van der Waals surface area contributed by atoms with Gasteiger partial charge in [0.15, 0.2) is 0 Å². The molecule has 0 unspecified atom stereocenters. The lowest BCUT2D eigenvalue weighted by atomic mass is 10.0. The summed E-state index contributed by atoms with van der Waals surface area (Å²) < 4.78 is 0. The number of likely N-dealkylation sites (tertiary alicyclic amines) is 3. The van der Waals surface area contributed by atoms with Crippen LogP contribution in [0.25, 0.3) is 0 Å². The fourth-order valence-corrected chi connectivity index (χ4v) is 3.75. The van der Waals surface area contributed by atoms with Crippen molar-refractivity contribution in [3.63, 3.8) is 0 Å². The second-order valence-corrected chi connectivity index (χ2v) is 10.4. The Bertz CT molecular complexity index is 573. The third-order valence-corrected chi connectivity index (χ3v) is 5.53. The van der Waals surface area contributed by atoms with Gasteiger partial charge in [0.2, 0.25) is 17.7 Å². The van der Waals surface area contributed by atoms with Crippen LogP contribution in [0, 0.1) is 0 Å². The van der Waals surface area contributed by atoms with E-state index in [9.17, 15) is 14.4 Å². The zero-order valence-electron chi connectivity index (χ0n) is 20.0. The van der Waals surface area contributed by atoms with E-state index in [0.29, 0.717) is 23.8 Å². The summed E-state index contributed by atoms with van der Waals surface area (Å²) in [5.74, 6) is 0.941. The second-order valence-electron chi connectivity index (χ2n) is 10.4. The molecule has 0 aromatic rings. The summed E-state index contributed by atoms with van der Waals surface area (Å²) in [5.41, 5.74) is 0.0762. The molecule has 3 heterocycles. The van der Waals surface area contributed by atoms with Gasteiger partial charge in [0, 0.05) is 56.0 Å². The number of nitrogens with zero attached hydrogens (tertiary/aromatic N) is 3. The van der Waals surface area contributed by atoms with Crippen molar-refractivity contribution in [1.82, 2.24) is 14.7 Å². The summed E-state index contributed by atoms with van der Waals surface area (Å²) in [4.78, 5) is 38.9. The van der Waals surface area contributed by atoms with E-state index in [4.69, 9.17) is 0 Å². The van der Waals surface area contributed by atoms with Gasteiger partial charge in [-0.15, -0.1) is 0 Å². The van der Waals surface area contributed by atoms with Gasteiger partial charge in [-0.2, -0.15) is 0 Å². The average Bonchev–Trinajstić information content (AvgIpc) is 2.99. The Morgan fingerprint density at radius 1 is 0.621 bits per heavy atom. The van der Waals surface area contributed by atoms with Crippen molar-refractivity contribution in [1.29, 1.82) is 0 Å². The Morgan fingerprint density at radius 3 is 1.31 bits per heavy atom. The highest BCUT2D eigenvalue weighted by Gasteiger charge is 2.33. The SMILES string of the molecule is CC(C)(C)N1CCC1=O.CC(C)(C)N1CCCCC1=O.CC(C)N1CCCC1=O. The molecule has 0 atom stereocenters. The van der Waals surface area contributed by atoms with Gasteiger partial charge in [0.25, 0.3) is 0 Å². The smallest absolute Gasteiger partial charge is 0.224 e. The fourth-order valence-electron chi connectivity index (χ4n) is 3.75. The van der Waals surface area contributed by atoms with Crippen LogP contribution in [-0.2, 0) is 14.4 Å². The maximum atomic E-state index is 11.4. The third-order valence-electron chi connectivity index (χ3n) is 5.53. The average molecular weight is 410 g/mol. The number of β-lactam (4-membered cyclic amide) rings is 1. The molecule has 6 nitrogen and oxygen atoms in total. The van der Waals surface area contributed by atoms with Crippen molar-refractivity contribution in [3.05, 3.63) is 0 Å². The number of carbonyl (C=O) groups excluding carboxylic acids is 3. The molecule has 168 valence electrons. The van der Waals surface area contributed by atoms with Crippen LogP contribution < -0.4 is 0 Å². The highest BCUT2D eigenvalue weighted by atomic mass is 16.2. The molecule has 0 saturated carbocycles. The van der Waals surface area contributed by atoms with E-state index in [1.807, 2.05) is 14.7 Å². The van der Waals surface area contributed by atoms with Crippen LogP contribution in [0.3, 0.4) is 0 Å². The van der Waals surface area contributed by atoms with E-state index in [2.05, 4.69) is 55.4 Å². The molecule has 6 heteroatoms. The summed E-state index contributed by atoms with van der Waals surface area (Å²) in [6, 6.07) is 0.403. The van der Waals surface area contributed by atoms with Gasteiger partial charge < -0.3 is 14.7 Å². The van der Waals surface area contributed by atoms with Crippen LogP contribution in [0.5, 0.6) is 0 Å². The zero-order chi connectivity index (χ0) is 22.4. The molecule has 0 spiro atoms. The largest absolute Gasteiger partial charge is 0.340 e. The molecule has 0 N–H and O–H groups in total. The van der Waals surface area contributed by atoms with E-state index < -0.39 is 0 Å². The molecule has 3 rings (SSSR count). The number of hydrogen-bond acceptors (Lipinski definition) is 3. The van der Waals surface area contributed by atoms with Crippen molar-refractivity contribution in [3.8, 4) is 0 Å². The highest BCUT2D eigenvalue weighted by Crippen LogP contribution is 2.21. The van der Waals surface area contributed by atoms with Crippen LogP contribution in [0.4, 0.5) is 0 Å². The van der Waals surface area contributed by atoms with E-state index in [0.717, 1.165) is 51.7 Å². The minimum absolute atomic E-state index is 0.0253. The van der Waals surface area contributed by atoms with E-state index in [1.165, 1.54) is 6.42 Å². The maximum absolute atomic E-state index is 11.4. The topological polar surface area (TPSA) is 60.9 Å². The van der Waals surface area contributed by atoms with Gasteiger partial charge >= 0.3 is 0 Å². The fraction of sp³-hybridized carbons (Fsp3) is 0.870. The molecule has 0 aromatic carbocycles. The third kappa shape index (κ3) is 7.98. The quantitative estimate of drug-likeness (QED) is 0.618. The Morgan fingerprint density at radius 2 is 1.10 bits per heavy atom. The van der Waals surface area contributed by atoms with Crippen LogP contribution in [-0.4, -0.2) is 69.2 Å². The Hall–Kier alpha value is -1.59. The van der Waals surface area contributed by atoms with Crippen molar-refractivity contribution in [2.24, 2.45) is 0 Å². The van der Waals surface area contributed by atoms with Crippen LogP contribution in [0.2, 0.25) is 0 Å². The number of piperidine rings is 1. The molecule has 0 aromatic heterocycles. The van der Waals surface area contributed by atoms with E-state index in [1.54, 1.807) is 0 Å². The number of hydrogen-bond donors (Lipinski definition) is 0. The van der Waals surface area contributed by atoms with Gasteiger partial charge in [0.05, 0.1) is 0 Å². The van der Waals surface area contributed by atoms with Gasteiger partial charge in [-0.05, 0) is 74.7 Å². The summed E-state index contributed by atoms with van der Waals surface area (Å²) in [5, 5.41) is 0. The molecule has 3 saturated heterocycles. The van der Waals surface area contributed by atoms with Gasteiger partial charge in [0.1, 0.15) is 0 Å². The molecule has 29 heavy (non-hydrogen) atoms. The van der Waals surface area contributed by atoms with Gasteiger partial charge in [-0.3, -0.25) is 14.4 Å². The highest BCUT2D eigenvalue weighted by molar-refractivity contribution is 5.82. The lowest BCUT2D eigenvalue weighted by molar-refractivity contribution is -0.146. The summed E-state index contributed by atoms with van der Waals surface area (Å²) in [7, 11) is 0. The normalized spacial score (nSPS) is 20.2. The molecule has 3 aliphatic rings. The van der Waals surface area contributed by atoms with Gasteiger partial charge in [-0.25, -0.2) is 0 Å². The Balaban J connectivity index is 0.000000219. The standard InChI is InChI=1S/C9H17NO.2C7H13NO/c1-9(2,3)10-7-5-4-6-8(10)11;1-7(2,3)8-5-4-6(8)9;1-6(2)8-5-3-4-7(8)9/h4-7H2,1-3H3;4-5H2,1-3H3;6H,3-5H2,1-2H3. The minimum Gasteiger partial charge on any atom is -0.340 e. The van der Waals surface area contributed by atoms with Crippen LogP contribution in [0.15, 0.2) is 0 Å². The molecule has 3 fully saturated rings. The first-order valence-electron chi connectivity index (χ1n) is 11.2. The lowest BCUT2D eigenvalue weighted by Crippen LogP contribution is -2.54. The van der Waals surface area contributed by atoms with Crippen molar-refractivity contribution in [2.75, 3.05) is 19.6 Å². The van der Waals surface area contributed by atoms with Crippen LogP contribution >= 0.6 is 0 Å². The number of rotatable bonds is 1. The maximum Gasteiger partial charge on any atom is 0.224 e. The van der Waals surface area contributed by atoms with Crippen LogP contribution in [0.1, 0.15) is 93.9 Å². The first kappa shape index (κ1) is 25.4. The zero-order valence-corrected chi connectivity index (χ0v) is 20.0. The molecule has 0 radical (unpaired) electrons. The van der Waals surface area contributed by atoms with Crippen molar-refractivity contribution >= 4 is 17.7 Å². The summed E-state index contributed by atoms with van der Waals surface area (Å²) >= 11 is 0. The Labute approximate surface area is 178 Å². The minimum atomic E-state index is 0.0253. The molecule has 3 amide bonds.